The van der Waals surface area contributed by atoms with Crippen LogP contribution < -0.4 is 0 Å². The second kappa shape index (κ2) is 4.23. The van der Waals surface area contributed by atoms with Gasteiger partial charge in [-0.25, -0.2) is 0 Å². The first-order valence-electron chi connectivity index (χ1n) is 6.01. The zero-order valence-electron chi connectivity index (χ0n) is 9.88. The molecule has 2 atom stereocenters. The molecule has 102 valence electrons. The second-order valence-electron chi connectivity index (χ2n) is 5.11. The van der Waals surface area contributed by atoms with E-state index < -0.39 is 12.1 Å². The maximum atomic E-state index is 12.5. The van der Waals surface area contributed by atoms with Crippen molar-refractivity contribution in [1.82, 2.24) is 4.90 Å². The summed E-state index contributed by atoms with van der Waals surface area (Å²) in [5.41, 5.74) is 2.17. The largest absolute Gasteiger partial charge is 0.471 e. The lowest BCUT2D eigenvalue weighted by Crippen LogP contribution is -2.46. The number of carbonyl (C=O) groups is 1. The van der Waals surface area contributed by atoms with Gasteiger partial charge in [-0.3, -0.25) is 4.79 Å². The van der Waals surface area contributed by atoms with Crippen LogP contribution in [0.1, 0.15) is 29.4 Å². The lowest BCUT2D eigenvalue weighted by molar-refractivity contribution is -0.186. The van der Waals surface area contributed by atoms with Crippen LogP contribution in [0.5, 0.6) is 0 Å². The van der Waals surface area contributed by atoms with Crippen molar-refractivity contribution in [2.24, 2.45) is 0 Å². The van der Waals surface area contributed by atoms with Crippen molar-refractivity contribution in [3.05, 3.63) is 33.8 Å². The zero-order chi connectivity index (χ0) is 13.8. The predicted molar refractivity (Wildman–Crippen MR) is 66.9 cm³/mol. The van der Waals surface area contributed by atoms with E-state index in [4.69, 9.17) is 0 Å². The van der Waals surface area contributed by atoms with Gasteiger partial charge < -0.3 is 4.90 Å². The van der Waals surface area contributed by atoms with Crippen LogP contribution in [0, 0.1) is 0 Å². The van der Waals surface area contributed by atoms with Gasteiger partial charge in [-0.1, -0.05) is 22.0 Å². The van der Waals surface area contributed by atoms with Gasteiger partial charge in [0.1, 0.15) is 0 Å². The number of amides is 1. The van der Waals surface area contributed by atoms with Gasteiger partial charge in [0.05, 0.1) is 0 Å². The summed E-state index contributed by atoms with van der Waals surface area (Å²) in [5.74, 6) is -1.65. The van der Waals surface area contributed by atoms with Crippen molar-refractivity contribution in [2.75, 3.05) is 13.1 Å². The molecule has 1 saturated heterocycles. The van der Waals surface area contributed by atoms with Crippen LogP contribution in [0.3, 0.4) is 0 Å². The van der Waals surface area contributed by atoms with Gasteiger partial charge in [0, 0.05) is 29.4 Å². The molecule has 1 aliphatic heterocycles. The fourth-order valence-electron chi connectivity index (χ4n) is 3.17. The van der Waals surface area contributed by atoms with Gasteiger partial charge in [-0.05, 0) is 29.7 Å². The summed E-state index contributed by atoms with van der Waals surface area (Å²) in [6.45, 7) is 0.335. The van der Waals surface area contributed by atoms with Gasteiger partial charge in [-0.15, -0.1) is 0 Å². The molecule has 2 unspecified atom stereocenters. The molecular weight excluding hydrogens is 323 g/mol. The van der Waals surface area contributed by atoms with Crippen molar-refractivity contribution in [2.45, 2.75) is 24.4 Å². The number of carbonyl (C=O) groups excluding carboxylic acids is 1. The Bertz CT molecular complexity index is 543. The molecule has 1 aromatic carbocycles. The highest BCUT2D eigenvalue weighted by Gasteiger charge is 2.47. The quantitative estimate of drug-likeness (QED) is 0.712. The Morgan fingerprint density at radius 2 is 1.84 bits per heavy atom. The molecule has 0 N–H and O–H groups in total. The third-order valence-corrected chi connectivity index (χ3v) is 4.40. The molecule has 3 rings (SSSR count). The highest BCUT2D eigenvalue weighted by atomic mass is 79.9. The summed E-state index contributed by atoms with van der Waals surface area (Å²) in [7, 11) is 0. The predicted octanol–water partition coefficient (Wildman–Crippen LogP) is 3.42. The summed E-state index contributed by atoms with van der Waals surface area (Å²) < 4.78 is 38.4. The topological polar surface area (TPSA) is 20.3 Å². The van der Waals surface area contributed by atoms with Crippen LogP contribution >= 0.6 is 15.9 Å². The minimum atomic E-state index is -4.77. The zero-order valence-corrected chi connectivity index (χ0v) is 11.5. The van der Waals surface area contributed by atoms with E-state index in [-0.39, 0.29) is 24.9 Å². The summed E-state index contributed by atoms with van der Waals surface area (Å²) in [6, 6.07) is 5.81. The number of fused-ring (bicyclic) bond motifs is 5. The van der Waals surface area contributed by atoms with Crippen LogP contribution in [-0.2, 0) is 4.79 Å². The molecule has 1 fully saturated rings. The Morgan fingerprint density at radius 1 is 1.21 bits per heavy atom. The average Bonchev–Trinajstić information content (AvgIpc) is 2.59. The first kappa shape index (κ1) is 13.0. The van der Waals surface area contributed by atoms with Gasteiger partial charge in [-0.2, -0.15) is 13.2 Å². The van der Waals surface area contributed by atoms with Crippen LogP contribution in [-0.4, -0.2) is 30.1 Å². The lowest BCUT2D eigenvalue weighted by atomic mass is 9.96. The first-order chi connectivity index (χ1) is 8.86. The molecule has 1 aliphatic carbocycles. The molecule has 1 aromatic rings. The third-order valence-electron chi connectivity index (χ3n) is 3.91. The Labute approximate surface area is 116 Å². The van der Waals surface area contributed by atoms with Gasteiger partial charge in [0.15, 0.2) is 0 Å². The summed E-state index contributed by atoms with van der Waals surface area (Å²) in [6.07, 6.45) is -3.93. The molecule has 0 saturated carbocycles. The molecule has 1 heterocycles. The van der Waals surface area contributed by atoms with E-state index in [2.05, 4.69) is 15.9 Å². The molecule has 0 aromatic heterocycles. The lowest BCUT2D eigenvalue weighted by Gasteiger charge is -2.32. The Kier molecular flexibility index (Phi) is 2.89. The molecular formula is C13H11BrF3NO. The fourth-order valence-corrected chi connectivity index (χ4v) is 3.54. The van der Waals surface area contributed by atoms with Crippen LogP contribution in [0.2, 0.25) is 0 Å². The standard InChI is InChI=1S/C13H11BrF3NO/c14-9-1-2-10-7-3-8(11(10)4-9)6-18(5-7)12(19)13(15,16)17/h1-2,4,7-8H,3,5-6H2. The van der Waals surface area contributed by atoms with E-state index in [1.807, 2.05) is 18.2 Å². The third kappa shape index (κ3) is 2.16. The minimum Gasteiger partial charge on any atom is -0.334 e. The average molecular weight is 334 g/mol. The van der Waals surface area contributed by atoms with Crippen LogP contribution in [0.15, 0.2) is 22.7 Å². The van der Waals surface area contributed by atoms with Crippen molar-refractivity contribution >= 4 is 21.8 Å². The molecule has 2 bridgehead atoms. The number of rotatable bonds is 0. The minimum absolute atomic E-state index is 0.0255. The van der Waals surface area contributed by atoms with Gasteiger partial charge in [0.25, 0.3) is 0 Å². The van der Waals surface area contributed by atoms with Gasteiger partial charge in [0.2, 0.25) is 0 Å². The smallest absolute Gasteiger partial charge is 0.334 e. The number of alkyl halides is 3. The summed E-state index contributed by atoms with van der Waals surface area (Å²) >= 11 is 3.38. The highest BCUT2D eigenvalue weighted by molar-refractivity contribution is 9.10. The highest BCUT2D eigenvalue weighted by Crippen LogP contribution is 2.47. The van der Waals surface area contributed by atoms with E-state index >= 15 is 0 Å². The molecule has 2 nitrogen and oxygen atoms in total. The van der Waals surface area contributed by atoms with E-state index in [0.29, 0.717) is 0 Å². The number of hydrogen-bond donors (Lipinski definition) is 0. The fraction of sp³-hybridized carbons (Fsp3) is 0.462. The Balaban J connectivity index is 1.89. The number of piperidine rings is 1. The number of halogens is 4. The Morgan fingerprint density at radius 3 is 2.47 bits per heavy atom. The second-order valence-corrected chi connectivity index (χ2v) is 6.03. The van der Waals surface area contributed by atoms with Crippen molar-refractivity contribution in [1.29, 1.82) is 0 Å². The van der Waals surface area contributed by atoms with E-state index in [9.17, 15) is 18.0 Å². The molecule has 6 heteroatoms. The summed E-state index contributed by atoms with van der Waals surface area (Å²) in [5, 5.41) is 0. The summed E-state index contributed by atoms with van der Waals surface area (Å²) in [4.78, 5) is 12.3. The van der Waals surface area contributed by atoms with Crippen LogP contribution in [0.4, 0.5) is 13.2 Å². The number of likely N-dealkylation sites (tertiary alicyclic amines) is 1. The Hall–Kier alpha value is -1.04. The van der Waals surface area contributed by atoms with E-state index in [0.717, 1.165) is 26.9 Å². The van der Waals surface area contributed by atoms with Crippen molar-refractivity contribution < 1.29 is 18.0 Å². The molecule has 1 amide bonds. The van der Waals surface area contributed by atoms with Crippen molar-refractivity contribution in [3.63, 3.8) is 0 Å². The maximum absolute atomic E-state index is 12.5. The molecule has 0 radical (unpaired) electrons. The van der Waals surface area contributed by atoms with Crippen molar-refractivity contribution in [3.8, 4) is 0 Å². The molecule has 0 spiro atoms. The van der Waals surface area contributed by atoms with E-state index in [1.54, 1.807) is 0 Å². The monoisotopic (exact) mass is 333 g/mol. The van der Waals surface area contributed by atoms with Crippen LogP contribution in [0.25, 0.3) is 0 Å². The maximum Gasteiger partial charge on any atom is 0.471 e. The number of hydrogen-bond acceptors (Lipinski definition) is 1. The molecule has 2 aliphatic rings. The van der Waals surface area contributed by atoms with Gasteiger partial charge >= 0.3 is 12.1 Å². The number of nitrogens with zero attached hydrogens (tertiary/aromatic N) is 1. The van der Waals surface area contributed by atoms with E-state index in [1.165, 1.54) is 0 Å². The molecule has 19 heavy (non-hydrogen) atoms. The first-order valence-corrected chi connectivity index (χ1v) is 6.81. The normalized spacial score (nSPS) is 25.4. The number of benzene rings is 1. The SMILES string of the molecule is O=C(N1CC2CC(C1)c1cc(Br)ccc12)C(F)(F)F.